The fourth-order valence-corrected chi connectivity index (χ4v) is 4.40. The normalized spacial score (nSPS) is 14.5. The van der Waals surface area contributed by atoms with Crippen molar-refractivity contribution in [2.45, 2.75) is 65.1 Å². The van der Waals surface area contributed by atoms with Gasteiger partial charge in [-0.3, -0.25) is 14.4 Å². The Labute approximate surface area is 221 Å². The Morgan fingerprint density at radius 2 is 1.71 bits per heavy atom. The number of esters is 1. The zero-order chi connectivity index (χ0) is 27.4. The molecule has 8 nitrogen and oxygen atoms in total. The van der Waals surface area contributed by atoms with Crippen LogP contribution >= 0.6 is 0 Å². The van der Waals surface area contributed by atoms with Gasteiger partial charge in [-0.25, -0.2) is 14.4 Å². The van der Waals surface area contributed by atoms with Gasteiger partial charge in [0, 0.05) is 12.6 Å². The van der Waals surface area contributed by atoms with Crippen LogP contribution in [-0.2, 0) is 28.9 Å². The molecular formula is C29H31FN4O4. The molecule has 1 atom stereocenters. The molecule has 2 N–H and O–H groups in total. The van der Waals surface area contributed by atoms with E-state index in [9.17, 15) is 18.8 Å². The Morgan fingerprint density at radius 3 is 2.42 bits per heavy atom. The van der Waals surface area contributed by atoms with Crippen LogP contribution in [0, 0.1) is 12.7 Å². The molecule has 4 rings (SSSR count). The van der Waals surface area contributed by atoms with Crippen molar-refractivity contribution in [2.24, 2.45) is 0 Å². The number of hydrogen-bond acceptors (Lipinski definition) is 6. The van der Waals surface area contributed by atoms with E-state index in [1.165, 1.54) is 18.5 Å². The van der Waals surface area contributed by atoms with E-state index in [1.807, 2.05) is 39.0 Å². The summed E-state index contributed by atoms with van der Waals surface area (Å²) in [5, 5.41) is 5.72. The zero-order valence-electron chi connectivity index (χ0n) is 21.9. The van der Waals surface area contributed by atoms with E-state index in [0.717, 1.165) is 28.7 Å². The van der Waals surface area contributed by atoms with Crippen molar-refractivity contribution in [1.29, 1.82) is 0 Å². The van der Waals surface area contributed by atoms with Crippen LogP contribution in [-0.4, -0.2) is 33.4 Å². The van der Waals surface area contributed by atoms with Crippen molar-refractivity contribution in [1.82, 2.24) is 20.6 Å². The van der Waals surface area contributed by atoms with Crippen molar-refractivity contribution in [3.63, 3.8) is 0 Å². The highest BCUT2D eigenvalue weighted by atomic mass is 19.1. The number of ether oxygens (including phenoxy) is 1. The van der Waals surface area contributed by atoms with Gasteiger partial charge in [0.25, 0.3) is 11.8 Å². The van der Waals surface area contributed by atoms with Crippen LogP contribution in [0.3, 0.4) is 0 Å². The van der Waals surface area contributed by atoms with E-state index in [2.05, 4.69) is 20.6 Å². The maximum absolute atomic E-state index is 13.5. The Kier molecular flexibility index (Phi) is 7.85. The number of halogens is 1. The first-order valence-electron chi connectivity index (χ1n) is 12.5. The predicted octanol–water partition coefficient (Wildman–Crippen LogP) is 4.16. The molecule has 0 bridgehead atoms. The maximum Gasteiger partial charge on any atom is 0.310 e. The average Bonchev–Trinajstić information content (AvgIpc) is 3.25. The summed E-state index contributed by atoms with van der Waals surface area (Å²) in [6.45, 7) is 7.36. The summed E-state index contributed by atoms with van der Waals surface area (Å²) in [4.78, 5) is 45.7. The topological polar surface area (TPSA) is 110 Å². The van der Waals surface area contributed by atoms with Crippen LogP contribution in [0.5, 0.6) is 0 Å². The van der Waals surface area contributed by atoms with E-state index < -0.39 is 17.4 Å². The van der Waals surface area contributed by atoms with E-state index in [1.54, 1.807) is 19.1 Å². The molecule has 0 saturated carbocycles. The summed E-state index contributed by atoms with van der Waals surface area (Å²) in [7, 11) is 0. The molecule has 1 heterocycles. The number of carbonyl (C=O) groups excluding carboxylic acids is 3. The molecule has 0 radical (unpaired) electrons. The number of aromatic nitrogens is 2. The number of carbonyl (C=O) groups is 3. The van der Waals surface area contributed by atoms with Gasteiger partial charge < -0.3 is 15.4 Å². The first kappa shape index (κ1) is 26.9. The largest absolute Gasteiger partial charge is 0.460 e. The molecule has 2 amide bonds. The smallest absolute Gasteiger partial charge is 0.310 e. The van der Waals surface area contributed by atoms with Gasteiger partial charge in [-0.15, -0.1) is 0 Å². The number of nitrogens with zero attached hydrogens (tertiary/aromatic N) is 2. The molecule has 0 fully saturated rings. The van der Waals surface area contributed by atoms with Crippen LogP contribution in [0.15, 0.2) is 48.8 Å². The van der Waals surface area contributed by atoms with Gasteiger partial charge in [-0.05, 0) is 74.4 Å². The molecule has 1 unspecified atom stereocenters. The Morgan fingerprint density at radius 1 is 1.00 bits per heavy atom. The third-order valence-electron chi connectivity index (χ3n) is 6.17. The van der Waals surface area contributed by atoms with Gasteiger partial charge in [0.2, 0.25) is 0 Å². The molecule has 0 spiro atoms. The molecule has 0 saturated heterocycles. The quantitative estimate of drug-likeness (QED) is 0.455. The molecule has 198 valence electrons. The van der Waals surface area contributed by atoms with Gasteiger partial charge >= 0.3 is 5.97 Å². The third-order valence-corrected chi connectivity index (χ3v) is 6.17. The lowest BCUT2D eigenvalue weighted by molar-refractivity contribution is -0.153. The summed E-state index contributed by atoms with van der Waals surface area (Å²) in [6, 6.07) is 11.6. The van der Waals surface area contributed by atoms with Crippen LogP contribution in [0.4, 0.5) is 4.39 Å². The molecule has 38 heavy (non-hydrogen) atoms. The molecule has 3 aromatic rings. The third kappa shape index (κ3) is 6.79. The van der Waals surface area contributed by atoms with Crippen molar-refractivity contribution < 1.29 is 23.5 Å². The first-order chi connectivity index (χ1) is 18.0. The minimum Gasteiger partial charge on any atom is -0.460 e. The Balaban J connectivity index is 1.37. The fourth-order valence-electron chi connectivity index (χ4n) is 4.40. The Hall–Kier alpha value is -4.14. The summed E-state index contributed by atoms with van der Waals surface area (Å²) >= 11 is 0. The van der Waals surface area contributed by atoms with Gasteiger partial charge in [-0.2, -0.15) is 0 Å². The number of nitrogens with one attached hydrogen (secondary N) is 2. The molecule has 9 heteroatoms. The summed E-state index contributed by atoms with van der Waals surface area (Å²) < 4.78 is 18.9. The number of aryl methyl sites for hydroxylation is 2. The lowest BCUT2D eigenvalue weighted by atomic mass is 10.0. The maximum atomic E-state index is 13.5. The van der Waals surface area contributed by atoms with Crippen LogP contribution in [0.25, 0.3) is 0 Å². The molecular weight excluding hydrogens is 487 g/mol. The standard InChI is InChI=1S/C29H31FN4O4/c1-17-11-19(6-9-22(17)30)15-31-27(36)24-14-25(33-16-32-24)28(37)34-23-10-7-20-12-18(5-8-21(20)23)13-26(35)38-29(2,3)4/h5-6,8-9,11-12,14,16,23H,7,10,13,15H2,1-4H3,(H,31,36)(H,34,37). The molecule has 1 aliphatic carbocycles. The van der Waals surface area contributed by atoms with Gasteiger partial charge in [-0.1, -0.05) is 30.3 Å². The highest BCUT2D eigenvalue weighted by Gasteiger charge is 2.26. The van der Waals surface area contributed by atoms with Gasteiger partial charge in [0.1, 0.15) is 29.1 Å². The second-order valence-corrected chi connectivity index (χ2v) is 10.4. The summed E-state index contributed by atoms with van der Waals surface area (Å²) in [5.41, 5.74) is 3.78. The number of fused-ring (bicyclic) bond motifs is 1. The van der Waals surface area contributed by atoms with Crippen molar-refractivity contribution >= 4 is 17.8 Å². The number of benzene rings is 2. The van der Waals surface area contributed by atoms with Gasteiger partial charge in [0.05, 0.1) is 12.5 Å². The van der Waals surface area contributed by atoms with E-state index in [4.69, 9.17) is 4.74 Å². The molecule has 0 aliphatic heterocycles. The Bertz CT molecular complexity index is 1380. The lowest BCUT2D eigenvalue weighted by Crippen LogP contribution is -2.29. The number of rotatable bonds is 7. The minimum atomic E-state index is -0.535. The van der Waals surface area contributed by atoms with E-state index in [-0.39, 0.29) is 42.2 Å². The number of hydrogen-bond donors (Lipinski definition) is 2. The van der Waals surface area contributed by atoms with Crippen LogP contribution < -0.4 is 10.6 Å². The highest BCUT2D eigenvalue weighted by molar-refractivity contribution is 5.97. The highest BCUT2D eigenvalue weighted by Crippen LogP contribution is 2.32. The predicted molar refractivity (Wildman–Crippen MR) is 139 cm³/mol. The lowest BCUT2D eigenvalue weighted by Gasteiger charge is -2.19. The van der Waals surface area contributed by atoms with Gasteiger partial charge in [0.15, 0.2) is 0 Å². The van der Waals surface area contributed by atoms with E-state index >= 15 is 0 Å². The van der Waals surface area contributed by atoms with Crippen molar-refractivity contribution in [3.05, 3.63) is 93.8 Å². The second kappa shape index (κ2) is 11.1. The van der Waals surface area contributed by atoms with Crippen molar-refractivity contribution in [3.8, 4) is 0 Å². The van der Waals surface area contributed by atoms with Crippen LogP contribution in [0.1, 0.15) is 82.0 Å². The molecule has 2 aromatic carbocycles. The average molecular weight is 519 g/mol. The summed E-state index contributed by atoms with van der Waals surface area (Å²) in [5.74, 6) is -1.47. The van der Waals surface area contributed by atoms with Crippen molar-refractivity contribution in [2.75, 3.05) is 0 Å². The zero-order valence-corrected chi connectivity index (χ0v) is 21.9. The first-order valence-corrected chi connectivity index (χ1v) is 12.5. The SMILES string of the molecule is Cc1cc(CNC(=O)c2cc(C(=O)NC3CCc4cc(CC(=O)OC(C)(C)C)ccc43)ncn2)ccc1F. The second-order valence-electron chi connectivity index (χ2n) is 10.4. The fraction of sp³-hybridized carbons (Fsp3) is 0.345. The van der Waals surface area contributed by atoms with E-state index in [0.29, 0.717) is 12.0 Å². The van der Waals surface area contributed by atoms with Crippen LogP contribution in [0.2, 0.25) is 0 Å². The molecule has 1 aliphatic rings. The monoisotopic (exact) mass is 518 g/mol. The number of amides is 2. The molecule has 1 aromatic heterocycles. The minimum absolute atomic E-state index is 0.0580. The summed E-state index contributed by atoms with van der Waals surface area (Å²) in [6.07, 6.45) is 2.85.